The van der Waals surface area contributed by atoms with Gasteiger partial charge in [-0.25, -0.2) is 9.78 Å². The molecule has 0 amide bonds. The minimum atomic E-state index is -1.02. The molecule has 1 heterocycles. The van der Waals surface area contributed by atoms with Crippen LogP contribution in [0.25, 0.3) is 0 Å². The molecule has 0 radical (unpaired) electrons. The van der Waals surface area contributed by atoms with Crippen LogP contribution in [0.1, 0.15) is 40.0 Å². The van der Waals surface area contributed by atoms with Gasteiger partial charge in [-0.1, -0.05) is 0 Å². The van der Waals surface area contributed by atoms with Crippen LogP contribution in [-0.4, -0.2) is 26.2 Å². The molecule has 0 unspecified atom stereocenters. The molecule has 6 nitrogen and oxygen atoms in total. The number of aliphatic carboxylic acids is 1. The van der Waals surface area contributed by atoms with Crippen molar-refractivity contribution in [2.45, 2.75) is 51.1 Å². The van der Waals surface area contributed by atoms with Crippen molar-refractivity contribution < 1.29 is 9.90 Å². The Balaban J connectivity index is 2.37. The Morgan fingerprint density at radius 1 is 1.47 bits per heavy atom. The SMILES string of the molecule is CC(C)(C)n1ccnc(NC2(C(=O)O)CCC2)c1=O. The van der Waals surface area contributed by atoms with E-state index in [2.05, 4.69) is 10.3 Å². The molecule has 1 aliphatic rings. The Labute approximate surface area is 111 Å². The van der Waals surface area contributed by atoms with E-state index in [9.17, 15) is 14.7 Å². The van der Waals surface area contributed by atoms with Gasteiger partial charge in [0.2, 0.25) is 0 Å². The molecular weight excluding hydrogens is 246 g/mol. The van der Waals surface area contributed by atoms with E-state index >= 15 is 0 Å². The molecule has 104 valence electrons. The average molecular weight is 265 g/mol. The van der Waals surface area contributed by atoms with Crippen LogP contribution in [0.5, 0.6) is 0 Å². The lowest BCUT2D eigenvalue weighted by Gasteiger charge is -2.38. The zero-order valence-corrected chi connectivity index (χ0v) is 11.4. The average Bonchev–Trinajstić information content (AvgIpc) is 2.23. The van der Waals surface area contributed by atoms with Crippen molar-refractivity contribution in [3.63, 3.8) is 0 Å². The molecule has 0 aliphatic heterocycles. The maximum Gasteiger partial charge on any atom is 0.329 e. The third-order valence-corrected chi connectivity index (χ3v) is 3.54. The zero-order chi connectivity index (χ0) is 14.3. The number of hydrogen-bond acceptors (Lipinski definition) is 4. The molecule has 19 heavy (non-hydrogen) atoms. The Morgan fingerprint density at radius 2 is 2.11 bits per heavy atom. The second kappa shape index (κ2) is 4.36. The predicted molar refractivity (Wildman–Crippen MR) is 71.3 cm³/mol. The highest BCUT2D eigenvalue weighted by Gasteiger charge is 2.45. The summed E-state index contributed by atoms with van der Waals surface area (Å²) in [5.74, 6) is -0.814. The van der Waals surface area contributed by atoms with Gasteiger partial charge in [-0.3, -0.25) is 4.79 Å². The largest absolute Gasteiger partial charge is 0.480 e. The summed E-state index contributed by atoms with van der Waals surface area (Å²) in [4.78, 5) is 27.6. The molecule has 0 bridgehead atoms. The second-order valence-corrected chi connectivity index (χ2v) is 5.99. The Morgan fingerprint density at radius 3 is 2.53 bits per heavy atom. The fourth-order valence-corrected chi connectivity index (χ4v) is 2.17. The van der Waals surface area contributed by atoms with Crippen molar-refractivity contribution in [3.8, 4) is 0 Å². The van der Waals surface area contributed by atoms with Crippen LogP contribution in [0.3, 0.4) is 0 Å². The number of rotatable bonds is 3. The highest BCUT2D eigenvalue weighted by atomic mass is 16.4. The summed E-state index contributed by atoms with van der Waals surface area (Å²) in [6.07, 6.45) is 5.02. The van der Waals surface area contributed by atoms with Gasteiger partial charge in [0.15, 0.2) is 5.82 Å². The number of aromatic nitrogens is 2. The summed E-state index contributed by atoms with van der Waals surface area (Å²) < 4.78 is 1.55. The number of anilines is 1. The fourth-order valence-electron chi connectivity index (χ4n) is 2.17. The van der Waals surface area contributed by atoms with E-state index in [1.165, 1.54) is 6.20 Å². The molecule has 1 fully saturated rings. The highest BCUT2D eigenvalue weighted by Crippen LogP contribution is 2.34. The van der Waals surface area contributed by atoms with E-state index < -0.39 is 11.5 Å². The van der Waals surface area contributed by atoms with Gasteiger partial charge in [0, 0.05) is 17.9 Å². The quantitative estimate of drug-likeness (QED) is 0.863. The zero-order valence-electron chi connectivity index (χ0n) is 11.4. The van der Waals surface area contributed by atoms with Crippen LogP contribution in [0, 0.1) is 0 Å². The van der Waals surface area contributed by atoms with Gasteiger partial charge in [0.05, 0.1) is 0 Å². The monoisotopic (exact) mass is 265 g/mol. The molecule has 0 atom stereocenters. The first kappa shape index (κ1) is 13.6. The molecule has 0 spiro atoms. The summed E-state index contributed by atoms with van der Waals surface area (Å²) in [5, 5.41) is 12.1. The number of carboxylic acids is 1. The summed E-state index contributed by atoms with van der Waals surface area (Å²) in [5.41, 5.74) is -1.68. The molecule has 1 saturated carbocycles. The number of hydrogen-bond donors (Lipinski definition) is 2. The van der Waals surface area contributed by atoms with Crippen molar-refractivity contribution in [2.24, 2.45) is 0 Å². The van der Waals surface area contributed by atoms with Crippen LogP contribution >= 0.6 is 0 Å². The maximum absolute atomic E-state index is 12.3. The molecule has 6 heteroatoms. The van der Waals surface area contributed by atoms with Crippen LogP contribution in [0.4, 0.5) is 5.82 Å². The molecular formula is C13H19N3O3. The van der Waals surface area contributed by atoms with Crippen LogP contribution < -0.4 is 10.9 Å². The molecule has 1 aromatic heterocycles. The second-order valence-electron chi connectivity index (χ2n) is 5.99. The lowest BCUT2D eigenvalue weighted by atomic mass is 9.77. The standard InChI is InChI=1S/C13H19N3O3/c1-12(2,3)16-8-7-14-9(10(16)17)15-13(11(18)19)5-4-6-13/h7-8H,4-6H2,1-3H3,(H,14,15)(H,18,19). The fraction of sp³-hybridized carbons (Fsp3) is 0.615. The maximum atomic E-state index is 12.3. The van der Waals surface area contributed by atoms with Gasteiger partial charge in [0.25, 0.3) is 5.56 Å². The lowest BCUT2D eigenvalue weighted by molar-refractivity contribution is -0.145. The van der Waals surface area contributed by atoms with E-state index in [4.69, 9.17) is 0 Å². The van der Waals surface area contributed by atoms with Crippen molar-refractivity contribution in [1.29, 1.82) is 0 Å². The number of nitrogens with zero attached hydrogens (tertiary/aromatic N) is 2. The highest BCUT2D eigenvalue weighted by molar-refractivity contribution is 5.83. The van der Waals surface area contributed by atoms with Gasteiger partial charge in [-0.05, 0) is 40.0 Å². The first-order valence-corrected chi connectivity index (χ1v) is 6.36. The Hall–Kier alpha value is -1.85. The predicted octanol–water partition coefficient (Wildman–Crippen LogP) is 1.42. The Kier molecular flexibility index (Phi) is 3.12. The molecule has 2 N–H and O–H groups in total. The van der Waals surface area contributed by atoms with Crippen molar-refractivity contribution >= 4 is 11.8 Å². The molecule has 0 aromatic carbocycles. The van der Waals surface area contributed by atoms with Gasteiger partial charge >= 0.3 is 5.97 Å². The minimum absolute atomic E-state index is 0.111. The minimum Gasteiger partial charge on any atom is -0.480 e. The number of nitrogens with one attached hydrogen (secondary N) is 1. The Bertz CT molecular complexity index is 553. The molecule has 1 aromatic rings. The third-order valence-electron chi connectivity index (χ3n) is 3.54. The lowest BCUT2D eigenvalue weighted by Crippen LogP contribution is -2.53. The van der Waals surface area contributed by atoms with Gasteiger partial charge in [0.1, 0.15) is 5.54 Å². The van der Waals surface area contributed by atoms with E-state index in [1.54, 1.807) is 10.8 Å². The summed E-state index contributed by atoms with van der Waals surface area (Å²) in [7, 11) is 0. The normalized spacial score (nSPS) is 17.6. The first-order valence-electron chi connectivity index (χ1n) is 6.36. The van der Waals surface area contributed by atoms with Crippen molar-refractivity contribution in [2.75, 3.05) is 5.32 Å². The smallest absolute Gasteiger partial charge is 0.329 e. The van der Waals surface area contributed by atoms with Crippen molar-refractivity contribution in [3.05, 3.63) is 22.7 Å². The number of carboxylic acid groups (broad SMARTS) is 1. The van der Waals surface area contributed by atoms with E-state index in [-0.39, 0.29) is 16.9 Å². The first-order chi connectivity index (χ1) is 8.76. The summed E-state index contributed by atoms with van der Waals surface area (Å²) in [6.45, 7) is 5.73. The van der Waals surface area contributed by atoms with Gasteiger partial charge < -0.3 is 15.0 Å². The molecule has 0 saturated heterocycles. The molecule has 2 rings (SSSR count). The number of carbonyl (C=O) groups is 1. The van der Waals surface area contributed by atoms with E-state index in [0.29, 0.717) is 12.8 Å². The third kappa shape index (κ3) is 2.34. The van der Waals surface area contributed by atoms with Gasteiger partial charge in [-0.2, -0.15) is 0 Å². The molecule has 1 aliphatic carbocycles. The van der Waals surface area contributed by atoms with E-state index in [0.717, 1.165) is 6.42 Å². The summed E-state index contributed by atoms with van der Waals surface area (Å²) in [6, 6.07) is 0. The van der Waals surface area contributed by atoms with Crippen molar-refractivity contribution in [1.82, 2.24) is 9.55 Å². The van der Waals surface area contributed by atoms with E-state index in [1.807, 2.05) is 20.8 Å². The van der Waals surface area contributed by atoms with Crippen LogP contribution in [0.15, 0.2) is 17.2 Å². The topological polar surface area (TPSA) is 84.2 Å². The summed E-state index contributed by atoms with van der Waals surface area (Å²) >= 11 is 0. The van der Waals surface area contributed by atoms with Crippen LogP contribution in [0.2, 0.25) is 0 Å². The van der Waals surface area contributed by atoms with Crippen LogP contribution in [-0.2, 0) is 10.3 Å². The van der Waals surface area contributed by atoms with Gasteiger partial charge in [-0.15, -0.1) is 0 Å².